The van der Waals surface area contributed by atoms with Crippen molar-refractivity contribution in [3.05, 3.63) is 0 Å². The van der Waals surface area contributed by atoms with E-state index >= 15 is 0 Å². The summed E-state index contributed by atoms with van der Waals surface area (Å²) in [5.41, 5.74) is 4.96. The Morgan fingerprint density at radius 2 is 0.900 bits per heavy atom. The van der Waals surface area contributed by atoms with Crippen molar-refractivity contribution in [2.75, 3.05) is 0 Å². The minimum atomic E-state index is 0.327. The van der Waals surface area contributed by atoms with Gasteiger partial charge in [-0.15, -0.1) is 0 Å². The first-order valence-corrected chi connectivity index (χ1v) is 18.4. The Balaban J connectivity index is 1.02. The van der Waals surface area contributed by atoms with Crippen LogP contribution in [0.4, 0.5) is 0 Å². The molecule has 0 aromatic carbocycles. The number of nitrogens with zero attached hydrogens (tertiary/aromatic N) is 2. The molecule has 0 aromatic heterocycles. The molecule has 0 aliphatic heterocycles. The summed E-state index contributed by atoms with van der Waals surface area (Å²) in [7, 11) is 0. The van der Waals surface area contributed by atoms with Crippen LogP contribution in [0.5, 0.6) is 0 Å². The van der Waals surface area contributed by atoms with Crippen molar-refractivity contribution in [3.63, 3.8) is 0 Å². The highest BCUT2D eigenvalue weighted by Crippen LogP contribution is 2.67. The maximum absolute atomic E-state index is 5.32. The van der Waals surface area contributed by atoms with Gasteiger partial charge in [-0.05, 0) is 161 Å². The van der Waals surface area contributed by atoms with Crippen molar-refractivity contribution in [1.82, 2.24) is 0 Å². The van der Waals surface area contributed by atoms with Crippen LogP contribution >= 0.6 is 0 Å². The van der Waals surface area contributed by atoms with E-state index in [-0.39, 0.29) is 0 Å². The summed E-state index contributed by atoms with van der Waals surface area (Å²) in [6.45, 7) is 10.7. The molecule has 0 N–H and O–H groups in total. The third-order valence-corrected chi connectivity index (χ3v) is 16.9. The molecule has 0 amide bonds. The van der Waals surface area contributed by atoms with Crippen LogP contribution in [-0.2, 0) is 0 Å². The van der Waals surface area contributed by atoms with Crippen LogP contribution in [0.1, 0.15) is 156 Å². The molecule has 12 atom stereocenters. The van der Waals surface area contributed by atoms with E-state index in [1.165, 1.54) is 140 Å². The number of hydrogen-bond donors (Lipinski definition) is 0. The molecule has 8 aliphatic carbocycles. The standard InChI is InChI=1S/C38H60N2/c1-35-21-7-5-9-25(35)11-13-27-29-15-17-33(37(29,3)23-19-31(27)35)39-40-34-18-16-30-28-14-12-26-10-6-8-22-36(26,2)32(28)20-24-38(30,34)4/h25-32H,5-24H2,1-4H3/t25-,26-,27-,28+,29-,30-,31-,32-,35+,36+,37+,38+/m1/s1. The summed E-state index contributed by atoms with van der Waals surface area (Å²) in [4.78, 5) is 0. The normalized spacial score (nSPS) is 57.5. The fourth-order valence-corrected chi connectivity index (χ4v) is 14.6. The fraction of sp³-hybridized carbons (Fsp3) is 0.947. The van der Waals surface area contributed by atoms with E-state index in [4.69, 9.17) is 10.2 Å². The maximum atomic E-state index is 5.32. The molecule has 2 heteroatoms. The van der Waals surface area contributed by atoms with Gasteiger partial charge in [-0.1, -0.05) is 53.4 Å². The monoisotopic (exact) mass is 544 g/mol. The smallest absolute Gasteiger partial charge is 0.0467 e. The van der Waals surface area contributed by atoms with Crippen LogP contribution in [-0.4, -0.2) is 11.4 Å². The Morgan fingerprint density at radius 1 is 0.450 bits per heavy atom. The van der Waals surface area contributed by atoms with Crippen molar-refractivity contribution in [1.29, 1.82) is 0 Å². The summed E-state index contributed by atoms with van der Waals surface area (Å²) >= 11 is 0. The van der Waals surface area contributed by atoms with Gasteiger partial charge in [0.1, 0.15) is 0 Å². The number of hydrogen-bond acceptors (Lipinski definition) is 2. The van der Waals surface area contributed by atoms with Crippen molar-refractivity contribution < 1.29 is 0 Å². The maximum Gasteiger partial charge on any atom is 0.0467 e. The lowest BCUT2D eigenvalue weighted by molar-refractivity contribution is -0.0938. The van der Waals surface area contributed by atoms with E-state index < -0.39 is 0 Å². The first kappa shape index (κ1) is 26.9. The minimum absolute atomic E-state index is 0.327. The molecule has 0 radical (unpaired) electrons. The van der Waals surface area contributed by atoms with Crippen LogP contribution in [0.3, 0.4) is 0 Å². The first-order valence-electron chi connectivity index (χ1n) is 18.4. The molecule has 222 valence electrons. The van der Waals surface area contributed by atoms with Crippen LogP contribution in [0.25, 0.3) is 0 Å². The Labute approximate surface area is 246 Å². The fourth-order valence-electron chi connectivity index (χ4n) is 14.6. The highest BCUT2D eigenvalue weighted by atomic mass is 15.2. The van der Waals surface area contributed by atoms with Gasteiger partial charge in [0.25, 0.3) is 0 Å². The van der Waals surface area contributed by atoms with E-state index in [2.05, 4.69) is 27.7 Å². The quantitative estimate of drug-likeness (QED) is 0.293. The van der Waals surface area contributed by atoms with Crippen molar-refractivity contribution in [3.8, 4) is 0 Å². The zero-order chi connectivity index (χ0) is 27.3. The van der Waals surface area contributed by atoms with Crippen LogP contribution in [0.2, 0.25) is 0 Å². The summed E-state index contributed by atoms with van der Waals surface area (Å²) in [5.74, 6) is 7.68. The van der Waals surface area contributed by atoms with Crippen LogP contribution in [0, 0.1) is 69.0 Å². The molecule has 0 aromatic rings. The third kappa shape index (κ3) is 3.64. The molecule has 8 aliphatic rings. The van der Waals surface area contributed by atoms with E-state index in [1.54, 1.807) is 0 Å². The van der Waals surface area contributed by atoms with Crippen molar-refractivity contribution in [2.24, 2.45) is 79.2 Å². The summed E-state index contributed by atoms with van der Waals surface area (Å²) < 4.78 is 0. The van der Waals surface area contributed by atoms with Crippen molar-refractivity contribution >= 4 is 11.4 Å². The molecule has 0 spiro atoms. The van der Waals surface area contributed by atoms with Gasteiger partial charge >= 0.3 is 0 Å². The molecule has 0 saturated heterocycles. The Hall–Kier alpha value is -0.660. The second-order valence-electron chi connectivity index (χ2n) is 17.9. The predicted molar refractivity (Wildman–Crippen MR) is 168 cm³/mol. The zero-order valence-electron chi connectivity index (χ0n) is 26.7. The molecule has 8 rings (SSSR count). The van der Waals surface area contributed by atoms with E-state index in [0.717, 1.165) is 47.3 Å². The van der Waals surface area contributed by atoms with Gasteiger partial charge in [-0.25, -0.2) is 0 Å². The molecular formula is C38H60N2. The second-order valence-corrected chi connectivity index (χ2v) is 17.9. The lowest BCUT2D eigenvalue weighted by Crippen LogP contribution is -2.53. The van der Waals surface area contributed by atoms with Gasteiger partial charge in [0.2, 0.25) is 0 Å². The van der Waals surface area contributed by atoms with Gasteiger partial charge in [0.15, 0.2) is 0 Å². The highest BCUT2D eigenvalue weighted by Gasteiger charge is 2.61. The average Bonchev–Trinajstić information content (AvgIpc) is 3.47. The summed E-state index contributed by atoms with van der Waals surface area (Å²) in [6, 6.07) is 0. The Kier molecular flexibility index (Phi) is 6.34. The molecule has 2 nitrogen and oxygen atoms in total. The van der Waals surface area contributed by atoms with E-state index in [1.807, 2.05) is 0 Å². The van der Waals surface area contributed by atoms with Crippen LogP contribution in [0.15, 0.2) is 10.2 Å². The molecular weight excluding hydrogens is 484 g/mol. The van der Waals surface area contributed by atoms with Crippen molar-refractivity contribution in [2.45, 2.75) is 156 Å². The molecule has 40 heavy (non-hydrogen) atoms. The lowest BCUT2D eigenvalue weighted by atomic mass is 9.45. The zero-order valence-corrected chi connectivity index (χ0v) is 26.7. The largest absolute Gasteiger partial charge is 0.160 e. The minimum Gasteiger partial charge on any atom is -0.160 e. The van der Waals surface area contributed by atoms with Gasteiger partial charge < -0.3 is 0 Å². The van der Waals surface area contributed by atoms with E-state index in [0.29, 0.717) is 21.7 Å². The third-order valence-electron chi connectivity index (χ3n) is 16.9. The van der Waals surface area contributed by atoms with Gasteiger partial charge in [0, 0.05) is 22.3 Å². The van der Waals surface area contributed by atoms with E-state index in [9.17, 15) is 0 Å². The second kappa shape index (κ2) is 9.42. The molecule has 8 saturated carbocycles. The Bertz CT molecular complexity index is 989. The molecule has 8 fully saturated rings. The topological polar surface area (TPSA) is 24.7 Å². The number of rotatable bonds is 1. The molecule has 0 bridgehead atoms. The molecule has 0 unspecified atom stereocenters. The lowest BCUT2D eigenvalue weighted by Gasteiger charge is -2.60. The van der Waals surface area contributed by atoms with Gasteiger partial charge in [-0.3, -0.25) is 0 Å². The molecule has 0 heterocycles. The average molecular weight is 545 g/mol. The summed E-state index contributed by atoms with van der Waals surface area (Å²) in [5, 5.41) is 10.6. The van der Waals surface area contributed by atoms with Gasteiger partial charge in [0.05, 0.1) is 0 Å². The van der Waals surface area contributed by atoms with Gasteiger partial charge in [-0.2, -0.15) is 10.2 Å². The SMILES string of the molecule is C[C@]12CCCC[C@@H]1CC[C@@H]1[C@H]2CC[C@]2(C)C(=NN=C3CC[C@@H]4[C@H]5CC[C@H]6CCCC[C@]6(C)[C@@H]5CC[C@]34C)CC[C@H]12. The Morgan fingerprint density at radius 3 is 1.35 bits per heavy atom. The first-order chi connectivity index (χ1) is 19.3. The highest BCUT2D eigenvalue weighted by molar-refractivity contribution is 5.95. The van der Waals surface area contributed by atoms with Crippen LogP contribution < -0.4 is 0 Å². The number of fused-ring (bicyclic) bond motifs is 10. The predicted octanol–water partition coefficient (Wildman–Crippen LogP) is 10.6. The summed E-state index contributed by atoms with van der Waals surface area (Å²) in [6.07, 6.45) is 29.0.